The van der Waals surface area contributed by atoms with E-state index in [0.29, 0.717) is 44.1 Å². The van der Waals surface area contributed by atoms with E-state index in [1.807, 2.05) is 13.0 Å². The van der Waals surface area contributed by atoms with Crippen molar-refractivity contribution in [3.8, 4) is 5.75 Å². The first-order chi connectivity index (χ1) is 12.3. The van der Waals surface area contributed by atoms with Crippen LogP contribution in [-0.4, -0.2) is 45.4 Å². The fourth-order valence-corrected chi connectivity index (χ4v) is 4.82. The predicted molar refractivity (Wildman–Crippen MR) is 102 cm³/mol. The van der Waals surface area contributed by atoms with Crippen LogP contribution in [0, 0.1) is 18.8 Å². The number of aryl methyl sites for hydroxylation is 1. The molecule has 0 aliphatic carbocycles. The van der Waals surface area contributed by atoms with Crippen LogP contribution in [0.1, 0.15) is 38.7 Å². The Balaban J connectivity index is 2.01. The van der Waals surface area contributed by atoms with Crippen LogP contribution in [0.15, 0.2) is 23.1 Å². The predicted octanol–water partition coefficient (Wildman–Crippen LogP) is 2.57. The van der Waals surface area contributed by atoms with E-state index >= 15 is 0 Å². The number of rotatable bonds is 7. The highest BCUT2D eigenvalue weighted by atomic mass is 32.2. The van der Waals surface area contributed by atoms with Crippen molar-refractivity contribution < 1.29 is 17.9 Å². The van der Waals surface area contributed by atoms with Gasteiger partial charge in [-0.25, -0.2) is 8.42 Å². The Bertz CT molecular complexity index is 723. The molecule has 0 atom stereocenters. The standard InChI is InChI=1S/C19H30N2O4S/c1-14(2)7-10-20-19(22)16-8-11-21(12-9-16)26(23,24)18-13-15(3)5-6-17(18)25-4/h5-6,13-14,16H,7-12H2,1-4H3,(H,20,22). The highest BCUT2D eigenvalue weighted by molar-refractivity contribution is 7.89. The second-order valence-corrected chi connectivity index (χ2v) is 9.21. The minimum atomic E-state index is -3.63. The second kappa shape index (κ2) is 8.86. The maximum Gasteiger partial charge on any atom is 0.246 e. The zero-order valence-corrected chi connectivity index (χ0v) is 16.9. The Morgan fingerprint density at radius 2 is 1.96 bits per heavy atom. The lowest BCUT2D eigenvalue weighted by Crippen LogP contribution is -2.43. The number of methoxy groups -OCH3 is 1. The molecule has 26 heavy (non-hydrogen) atoms. The van der Waals surface area contributed by atoms with Gasteiger partial charge in [0.25, 0.3) is 0 Å². The molecule has 1 heterocycles. The van der Waals surface area contributed by atoms with Gasteiger partial charge in [0, 0.05) is 25.6 Å². The number of hydrogen-bond donors (Lipinski definition) is 1. The number of nitrogens with one attached hydrogen (secondary N) is 1. The molecule has 7 heteroatoms. The first kappa shape index (κ1) is 20.7. The van der Waals surface area contributed by atoms with Gasteiger partial charge in [-0.1, -0.05) is 19.9 Å². The van der Waals surface area contributed by atoms with Gasteiger partial charge in [0.05, 0.1) is 7.11 Å². The fraction of sp³-hybridized carbons (Fsp3) is 0.632. The van der Waals surface area contributed by atoms with E-state index in [1.54, 1.807) is 12.1 Å². The highest BCUT2D eigenvalue weighted by Gasteiger charge is 2.33. The van der Waals surface area contributed by atoms with Crippen molar-refractivity contribution in [2.24, 2.45) is 11.8 Å². The second-order valence-electron chi connectivity index (χ2n) is 7.31. The van der Waals surface area contributed by atoms with E-state index in [4.69, 9.17) is 4.74 Å². The normalized spacial score (nSPS) is 16.7. The van der Waals surface area contributed by atoms with Crippen molar-refractivity contribution in [2.75, 3.05) is 26.7 Å². The van der Waals surface area contributed by atoms with Crippen molar-refractivity contribution in [3.63, 3.8) is 0 Å². The molecule has 0 bridgehead atoms. The summed E-state index contributed by atoms with van der Waals surface area (Å²) in [7, 11) is -2.16. The van der Waals surface area contributed by atoms with Gasteiger partial charge in [0.15, 0.2) is 0 Å². The third-order valence-corrected chi connectivity index (χ3v) is 6.70. The van der Waals surface area contributed by atoms with Gasteiger partial charge >= 0.3 is 0 Å². The third-order valence-electron chi connectivity index (χ3n) is 4.78. The Labute approximate surface area is 157 Å². The summed E-state index contributed by atoms with van der Waals surface area (Å²) < 4.78 is 32.7. The first-order valence-corrected chi connectivity index (χ1v) is 10.6. The topological polar surface area (TPSA) is 75.7 Å². The quantitative estimate of drug-likeness (QED) is 0.786. The summed E-state index contributed by atoms with van der Waals surface area (Å²) in [6.45, 7) is 7.47. The number of benzene rings is 1. The molecule has 1 saturated heterocycles. The number of amides is 1. The molecule has 1 aromatic rings. The van der Waals surface area contributed by atoms with E-state index in [2.05, 4.69) is 19.2 Å². The summed E-state index contributed by atoms with van der Waals surface area (Å²) >= 11 is 0. The van der Waals surface area contributed by atoms with Crippen molar-refractivity contribution in [2.45, 2.75) is 44.9 Å². The van der Waals surface area contributed by atoms with Crippen LogP contribution in [0.2, 0.25) is 0 Å². The SMILES string of the molecule is COc1ccc(C)cc1S(=O)(=O)N1CCC(C(=O)NCCC(C)C)CC1. The number of hydrogen-bond acceptors (Lipinski definition) is 4. The van der Waals surface area contributed by atoms with Gasteiger partial charge in [0.1, 0.15) is 10.6 Å². The zero-order chi connectivity index (χ0) is 19.3. The number of ether oxygens (including phenoxy) is 1. The molecule has 146 valence electrons. The van der Waals surface area contributed by atoms with Gasteiger partial charge in [-0.3, -0.25) is 4.79 Å². The molecular formula is C19H30N2O4S. The summed E-state index contributed by atoms with van der Waals surface area (Å²) in [5, 5.41) is 2.97. The monoisotopic (exact) mass is 382 g/mol. The molecule has 0 saturated carbocycles. The molecule has 0 spiro atoms. The number of carbonyl (C=O) groups excluding carboxylic acids is 1. The molecule has 1 aliphatic heterocycles. The van der Waals surface area contributed by atoms with E-state index < -0.39 is 10.0 Å². The molecule has 0 radical (unpaired) electrons. The summed E-state index contributed by atoms with van der Waals surface area (Å²) in [6, 6.07) is 5.14. The van der Waals surface area contributed by atoms with Crippen molar-refractivity contribution in [1.82, 2.24) is 9.62 Å². The molecule has 1 aromatic carbocycles. The average molecular weight is 383 g/mol. The smallest absolute Gasteiger partial charge is 0.246 e. The van der Waals surface area contributed by atoms with Crippen LogP contribution >= 0.6 is 0 Å². The Kier molecular flexibility index (Phi) is 7.06. The molecule has 0 unspecified atom stereocenters. The molecule has 0 aromatic heterocycles. The molecule has 1 amide bonds. The molecular weight excluding hydrogens is 352 g/mol. The first-order valence-electron chi connectivity index (χ1n) is 9.18. The van der Waals surface area contributed by atoms with Crippen LogP contribution < -0.4 is 10.1 Å². The summed E-state index contributed by atoms with van der Waals surface area (Å²) in [4.78, 5) is 12.4. The van der Waals surface area contributed by atoms with Crippen molar-refractivity contribution >= 4 is 15.9 Å². The van der Waals surface area contributed by atoms with E-state index in [0.717, 1.165) is 12.0 Å². The number of sulfonamides is 1. The molecule has 6 nitrogen and oxygen atoms in total. The van der Waals surface area contributed by atoms with Crippen LogP contribution in [0.5, 0.6) is 5.75 Å². The van der Waals surface area contributed by atoms with Gasteiger partial charge in [-0.2, -0.15) is 4.31 Å². The molecule has 2 rings (SSSR count). The van der Waals surface area contributed by atoms with E-state index in [-0.39, 0.29) is 16.7 Å². The van der Waals surface area contributed by atoms with Gasteiger partial charge in [0.2, 0.25) is 15.9 Å². The Morgan fingerprint density at radius 3 is 2.54 bits per heavy atom. The molecule has 1 fully saturated rings. The minimum Gasteiger partial charge on any atom is -0.495 e. The van der Waals surface area contributed by atoms with E-state index in [9.17, 15) is 13.2 Å². The number of nitrogens with zero attached hydrogens (tertiary/aromatic N) is 1. The summed E-state index contributed by atoms with van der Waals surface area (Å²) in [6.07, 6.45) is 2.04. The summed E-state index contributed by atoms with van der Waals surface area (Å²) in [5.74, 6) is 0.819. The molecule has 1 N–H and O–H groups in total. The highest BCUT2D eigenvalue weighted by Crippen LogP contribution is 2.30. The van der Waals surface area contributed by atoms with Crippen LogP contribution in [0.25, 0.3) is 0 Å². The van der Waals surface area contributed by atoms with E-state index in [1.165, 1.54) is 11.4 Å². The van der Waals surface area contributed by atoms with Crippen LogP contribution in [-0.2, 0) is 14.8 Å². The maximum absolute atomic E-state index is 13.0. The van der Waals surface area contributed by atoms with Gasteiger partial charge in [-0.05, 0) is 49.8 Å². The molecule has 1 aliphatic rings. The number of carbonyl (C=O) groups is 1. The Morgan fingerprint density at radius 1 is 1.31 bits per heavy atom. The fourth-order valence-electron chi connectivity index (χ4n) is 3.11. The van der Waals surface area contributed by atoms with Crippen molar-refractivity contribution in [3.05, 3.63) is 23.8 Å². The van der Waals surface area contributed by atoms with Gasteiger partial charge < -0.3 is 10.1 Å². The minimum absolute atomic E-state index is 0.0378. The third kappa shape index (κ3) is 4.98. The zero-order valence-electron chi connectivity index (χ0n) is 16.1. The van der Waals surface area contributed by atoms with Crippen LogP contribution in [0.3, 0.4) is 0 Å². The van der Waals surface area contributed by atoms with Crippen molar-refractivity contribution in [1.29, 1.82) is 0 Å². The lowest BCUT2D eigenvalue weighted by molar-refractivity contribution is -0.126. The van der Waals surface area contributed by atoms with Gasteiger partial charge in [-0.15, -0.1) is 0 Å². The van der Waals surface area contributed by atoms with Crippen LogP contribution in [0.4, 0.5) is 0 Å². The lowest BCUT2D eigenvalue weighted by Gasteiger charge is -2.31. The number of piperidine rings is 1. The Hall–Kier alpha value is -1.60. The lowest BCUT2D eigenvalue weighted by atomic mass is 9.97. The largest absolute Gasteiger partial charge is 0.495 e. The summed E-state index contributed by atoms with van der Waals surface area (Å²) in [5.41, 5.74) is 0.865. The average Bonchev–Trinajstić information content (AvgIpc) is 2.61. The maximum atomic E-state index is 13.0.